The molecule has 0 N–H and O–H groups in total. The third-order valence-corrected chi connectivity index (χ3v) is 6.25. The summed E-state index contributed by atoms with van der Waals surface area (Å²) in [6.45, 7) is 3.94. The molecule has 4 rings (SSSR count). The minimum Gasteiger partial charge on any atom is -0.464 e. The number of carbonyl (C=O) groups is 1. The van der Waals surface area contributed by atoms with Gasteiger partial charge in [0, 0.05) is 10.8 Å². The van der Waals surface area contributed by atoms with Crippen molar-refractivity contribution in [3.05, 3.63) is 75.8 Å². The zero-order valence-corrected chi connectivity index (χ0v) is 17.1. The third-order valence-electron chi connectivity index (χ3n) is 6.25. The number of ether oxygens (including phenoxy) is 1. The van der Waals surface area contributed by atoms with Crippen molar-refractivity contribution in [2.45, 2.75) is 44.2 Å². The van der Waals surface area contributed by atoms with E-state index in [2.05, 4.69) is 0 Å². The quantitative estimate of drug-likeness (QED) is 0.408. The number of nitro groups is 1. The number of esters is 1. The second-order valence-electron chi connectivity index (χ2n) is 7.78. The van der Waals surface area contributed by atoms with Crippen LogP contribution in [0.15, 0.2) is 54.6 Å². The highest BCUT2D eigenvalue weighted by Gasteiger charge is 2.57. The highest BCUT2D eigenvalue weighted by atomic mass is 16.7. The Kier molecular flexibility index (Phi) is 5.72. The van der Waals surface area contributed by atoms with Gasteiger partial charge in [0.15, 0.2) is 6.10 Å². The predicted octanol–water partition coefficient (Wildman–Crippen LogP) is 3.92. The van der Waals surface area contributed by atoms with Gasteiger partial charge < -0.3 is 4.74 Å². The highest BCUT2D eigenvalue weighted by molar-refractivity contribution is 5.78. The fourth-order valence-electron chi connectivity index (χ4n) is 5.13. The summed E-state index contributed by atoms with van der Waals surface area (Å²) in [5.74, 6) is -0.954. The van der Waals surface area contributed by atoms with Crippen LogP contribution >= 0.6 is 0 Å². The SMILES string of the molecule is CCOC(=O)[C@@H]1ON(c2ccccc2)[C@H]2[C@H](CC)[C@H](C[N+](=O)[O-])c3ccccc3[C@H]21. The largest absolute Gasteiger partial charge is 0.464 e. The van der Waals surface area contributed by atoms with Crippen molar-refractivity contribution in [1.82, 2.24) is 0 Å². The number of rotatable bonds is 6. The van der Waals surface area contributed by atoms with Crippen LogP contribution < -0.4 is 5.06 Å². The average Bonchev–Trinajstić information content (AvgIpc) is 3.15. The number of carbonyl (C=O) groups excluding carboxylic acids is 1. The van der Waals surface area contributed by atoms with Crippen LogP contribution in [0, 0.1) is 16.0 Å². The summed E-state index contributed by atoms with van der Waals surface area (Å²) in [6, 6.07) is 17.2. The number of hydroxylamine groups is 1. The van der Waals surface area contributed by atoms with E-state index in [4.69, 9.17) is 9.57 Å². The van der Waals surface area contributed by atoms with Crippen LogP contribution in [0.4, 0.5) is 5.69 Å². The molecule has 0 amide bonds. The molecular formula is C23H26N2O5. The lowest BCUT2D eigenvalue weighted by Gasteiger charge is -2.42. The maximum atomic E-state index is 12.9. The van der Waals surface area contributed by atoms with Gasteiger partial charge in [0.05, 0.1) is 24.3 Å². The van der Waals surface area contributed by atoms with Crippen molar-refractivity contribution in [3.8, 4) is 0 Å². The molecule has 2 aliphatic rings. The molecule has 1 aliphatic carbocycles. The van der Waals surface area contributed by atoms with Crippen molar-refractivity contribution in [2.75, 3.05) is 18.2 Å². The molecule has 30 heavy (non-hydrogen) atoms. The lowest BCUT2D eigenvalue weighted by atomic mass is 9.65. The van der Waals surface area contributed by atoms with Crippen molar-refractivity contribution in [2.24, 2.45) is 5.92 Å². The minimum absolute atomic E-state index is 0.0464. The number of hydrogen-bond donors (Lipinski definition) is 0. The summed E-state index contributed by atoms with van der Waals surface area (Å²) < 4.78 is 5.34. The summed E-state index contributed by atoms with van der Waals surface area (Å²) in [7, 11) is 0. The maximum absolute atomic E-state index is 12.9. The Hall–Kier alpha value is -2.93. The van der Waals surface area contributed by atoms with E-state index >= 15 is 0 Å². The van der Waals surface area contributed by atoms with Gasteiger partial charge in [-0.2, -0.15) is 0 Å². The van der Waals surface area contributed by atoms with E-state index in [9.17, 15) is 14.9 Å². The zero-order valence-electron chi connectivity index (χ0n) is 17.1. The van der Waals surface area contributed by atoms with Crippen molar-refractivity contribution in [3.63, 3.8) is 0 Å². The molecule has 0 aromatic heterocycles. The third kappa shape index (κ3) is 3.43. The van der Waals surface area contributed by atoms with Crippen LogP contribution in [-0.2, 0) is 14.4 Å². The molecule has 1 aliphatic heterocycles. The second kappa shape index (κ2) is 8.44. The first kappa shape index (κ1) is 20.3. The number of nitrogens with zero attached hydrogens (tertiary/aromatic N) is 2. The van der Waals surface area contributed by atoms with E-state index in [0.717, 1.165) is 23.2 Å². The number of hydrogen-bond acceptors (Lipinski definition) is 6. The predicted molar refractivity (Wildman–Crippen MR) is 112 cm³/mol. The fourth-order valence-corrected chi connectivity index (χ4v) is 5.13. The van der Waals surface area contributed by atoms with E-state index in [0.29, 0.717) is 0 Å². The molecule has 0 bridgehead atoms. The molecule has 7 nitrogen and oxygen atoms in total. The molecule has 1 heterocycles. The zero-order chi connectivity index (χ0) is 21.3. The Morgan fingerprint density at radius 3 is 2.40 bits per heavy atom. The minimum atomic E-state index is -0.790. The smallest absolute Gasteiger partial charge is 0.338 e. The van der Waals surface area contributed by atoms with Gasteiger partial charge in [0.2, 0.25) is 6.54 Å². The Morgan fingerprint density at radius 2 is 1.77 bits per heavy atom. The fraction of sp³-hybridized carbons (Fsp3) is 0.435. The number of anilines is 1. The summed E-state index contributed by atoms with van der Waals surface area (Å²) in [6.07, 6.45) is -0.0575. The van der Waals surface area contributed by atoms with Gasteiger partial charge in [-0.05, 0) is 36.1 Å². The Morgan fingerprint density at radius 1 is 1.10 bits per heavy atom. The normalized spacial score (nSPS) is 27.3. The molecule has 0 spiro atoms. The van der Waals surface area contributed by atoms with Crippen molar-refractivity contribution >= 4 is 11.7 Å². The van der Waals surface area contributed by atoms with E-state index in [1.807, 2.05) is 61.5 Å². The van der Waals surface area contributed by atoms with Crippen LogP contribution in [0.3, 0.4) is 0 Å². The standard InChI is InChI=1S/C23H26N2O5/c1-3-16-19(14-24(27)28)17-12-8-9-13-18(17)20-21(16)25(15-10-6-5-7-11-15)30-22(20)23(26)29-4-2/h5-13,16,19-22H,3-4,14H2,1-2H3/t16-,19+,20-,21+,22-/m1/s1. The van der Waals surface area contributed by atoms with Crippen molar-refractivity contribution < 1.29 is 19.3 Å². The van der Waals surface area contributed by atoms with Gasteiger partial charge in [-0.25, -0.2) is 9.86 Å². The first-order chi connectivity index (χ1) is 14.6. The molecule has 158 valence electrons. The van der Waals surface area contributed by atoms with Crippen molar-refractivity contribution in [1.29, 1.82) is 0 Å². The lowest BCUT2D eigenvalue weighted by Crippen LogP contribution is -2.46. The molecule has 5 atom stereocenters. The molecule has 1 saturated heterocycles. The Bertz CT molecular complexity index is 919. The van der Waals surface area contributed by atoms with Crippen LogP contribution in [0.25, 0.3) is 0 Å². The van der Waals surface area contributed by atoms with Gasteiger partial charge in [-0.1, -0.05) is 55.8 Å². The van der Waals surface area contributed by atoms with Gasteiger partial charge in [0.25, 0.3) is 0 Å². The molecule has 0 saturated carbocycles. The van der Waals surface area contributed by atoms with Gasteiger partial charge in [-0.15, -0.1) is 0 Å². The molecular weight excluding hydrogens is 384 g/mol. The van der Waals surface area contributed by atoms with Gasteiger partial charge in [0.1, 0.15) is 0 Å². The van der Waals surface area contributed by atoms with E-state index in [-0.39, 0.29) is 41.9 Å². The first-order valence-corrected chi connectivity index (χ1v) is 10.4. The maximum Gasteiger partial charge on any atom is 0.338 e. The van der Waals surface area contributed by atoms with Gasteiger partial charge in [-0.3, -0.25) is 15.0 Å². The molecule has 1 fully saturated rings. The topological polar surface area (TPSA) is 81.9 Å². The lowest BCUT2D eigenvalue weighted by molar-refractivity contribution is -0.485. The Labute approximate surface area is 175 Å². The number of benzene rings is 2. The second-order valence-corrected chi connectivity index (χ2v) is 7.78. The first-order valence-electron chi connectivity index (χ1n) is 10.4. The molecule has 0 unspecified atom stereocenters. The van der Waals surface area contributed by atoms with E-state index in [1.165, 1.54) is 0 Å². The average molecular weight is 410 g/mol. The molecule has 7 heteroatoms. The van der Waals surface area contributed by atoms with E-state index in [1.54, 1.807) is 12.0 Å². The van der Waals surface area contributed by atoms with Crippen LogP contribution in [0.5, 0.6) is 0 Å². The van der Waals surface area contributed by atoms with Gasteiger partial charge >= 0.3 is 5.97 Å². The number of fused-ring (bicyclic) bond motifs is 3. The van der Waals surface area contributed by atoms with Crippen LogP contribution in [0.1, 0.15) is 43.2 Å². The summed E-state index contributed by atoms with van der Waals surface area (Å²) in [5, 5.41) is 13.3. The molecule has 2 aromatic rings. The highest BCUT2D eigenvalue weighted by Crippen LogP contribution is 2.52. The summed E-state index contributed by atoms with van der Waals surface area (Å²) in [5.41, 5.74) is 2.71. The van der Waals surface area contributed by atoms with Crippen LogP contribution in [0.2, 0.25) is 0 Å². The Balaban J connectivity index is 1.87. The van der Waals surface area contributed by atoms with E-state index < -0.39 is 12.1 Å². The molecule has 2 aromatic carbocycles. The van der Waals surface area contributed by atoms with Crippen LogP contribution in [-0.4, -0.2) is 36.2 Å². The number of para-hydroxylation sites is 1. The molecule has 0 radical (unpaired) electrons. The summed E-state index contributed by atoms with van der Waals surface area (Å²) >= 11 is 0. The summed E-state index contributed by atoms with van der Waals surface area (Å²) in [4.78, 5) is 30.4. The monoisotopic (exact) mass is 410 g/mol.